The van der Waals surface area contributed by atoms with Gasteiger partial charge in [0.05, 0.1) is 13.3 Å². The van der Waals surface area contributed by atoms with E-state index in [-0.39, 0.29) is 11.0 Å². The van der Waals surface area contributed by atoms with Crippen LogP contribution in [-0.2, 0) is 0 Å². The summed E-state index contributed by atoms with van der Waals surface area (Å²) in [4.78, 5) is 3.89. The fourth-order valence-electron chi connectivity index (χ4n) is 1.32. The molecule has 1 aromatic carbocycles. The highest BCUT2D eigenvalue weighted by molar-refractivity contribution is 6.34. The highest BCUT2D eigenvalue weighted by Crippen LogP contribution is 2.29. The van der Waals surface area contributed by atoms with Crippen LogP contribution in [-0.4, -0.2) is 12.1 Å². The number of methoxy groups -OCH3 is 1. The Bertz CT molecular complexity index is 487. The Morgan fingerprint density at radius 3 is 2.86 bits per heavy atom. The number of halogens is 2. The molecule has 0 aliphatic heterocycles. The van der Waals surface area contributed by atoms with E-state index in [4.69, 9.17) is 16.3 Å². The number of benzene rings is 1. The highest BCUT2D eigenvalue weighted by atomic mass is 35.5. The van der Waals surface area contributed by atoms with Crippen LogP contribution in [0.1, 0.15) is 0 Å². The Hall–Kier alpha value is -1.35. The SMILES string of the molecule is COc1cnc(Cl)c2cc(F)ccc12. The van der Waals surface area contributed by atoms with E-state index in [1.807, 2.05) is 0 Å². The number of aromatic nitrogens is 1. The molecule has 1 heterocycles. The molecule has 0 saturated carbocycles. The van der Waals surface area contributed by atoms with Crippen LogP contribution < -0.4 is 4.74 Å². The van der Waals surface area contributed by atoms with E-state index in [2.05, 4.69) is 4.98 Å². The Balaban J connectivity index is 2.84. The van der Waals surface area contributed by atoms with Gasteiger partial charge in [-0.3, -0.25) is 0 Å². The monoisotopic (exact) mass is 211 g/mol. The van der Waals surface area contributed by atoms with Gasteiger partial charge in [0.1, 0.15) is 16.7 Å². The third kappa shape index (κ3) is 1.40. The lowest BCUT2D eigenvalue weighted by Crippen LogP contribution is -1.88. The van der Waals surface area contributed by atoms with E-state index in [1.54, 1.807) is 6.07 Å². The zero-order chi connectivity index (χ0) is 10.1. The van der Waals surface area contributed by atoms with Crippen molar-refractivity contribution in [3.05, 3.63) is 35.4 Å². The predicted octanol–water partition coefficient (Wildman–Crippen LogP) is 3.04. The van der Waals surface area contributed by atoms with E-state index in [1.165, 1.54) is 25.4 Å². The van der Waals surface area contributed by atoms with Crippen molar-refractivity contribution < 1.29 is 9.13 Å². The van der Waals surface area contributed by atoms with Crippen molar-refractivity contribution in [2.45, 2.75) is 0 Å². The summed E-state index contributed by atoms with van der Waals surface area (Å²) in [6.07, 6.45) is 1.52. The first-order valence-electron chi connectivity index (χ1n) is 4.00. The molecule has 0 atom stereocenters. The van der Waals surface area contributed by atoms with Gasteiger partial charge in [-0.2, -0.15) is 0 Å². The van der Waals surface area contributed by atoms with E-state index < -0.39 is 0 Å². The molecule has 0 amide bonds. The summed E-state index contributed by atoms with van der Waals surface area (Å²) < 4.78 is 18.0. The van der Waals surface area contributed by atoms with Gasteiger partial charge in [-0.1, -0.05) is 11.6 Å². The van der Waals surface area contributed by atoms with Crippen molar-refractivity contribution in [2.75, 3.05) is 7.11 Å². The summed E-state index contributed by atoms with van der Waals surface area (Å²) >= 11 is 5.82. The third-order valence-electron chi connectivity index (χ3n) is 1.98. The molecule has 2 rings (SSSR count). The van der Waals surface area contributed by atoms with Crippen molar-refractivity contribution in [1.29, 1.82) is 0 Å². The lowest BCUT2D eigenvalue weighted by molar-refractivity contribution is 0.418. The van der Waals surface area contributed by atoms with Crippen molar-refractivity contribution in [2.24, 2.45) is 0 Å². The number of hydrogen-bond donors (Lipinski definition) is 0. The van der Waals surface area contributed by atoms with E-state index in [0.717, 1.165) is 5.39 Å². The topological polar surface area (TPSA) is 22.1 Å². The molecule has 0 saturated heterocycles. The second-order valence-electron chi connectivity index (χ2n) is 2.81. The molecule has 0 spiro atoms. The molecule has 72 valence electrons. The van der Waals surface area contributed by atoms with Crippen LogP contribution in [0.4, 0.5) is 4.39 Å². The van der Waals surface area contributed by atoms with Gasteiger partial charge >= 0.3 is 0 Å². The summed E-state index contributed by atoms with van der Waals surface area (Å²) in [5, 5.41) is 1.60. The molecular formula is C10H7ClFNO. The second-order valence-corrected chi connectivity index (χ2v) is 3.17. The molecule has 0 radical (unpaired) electrons. The lowest BCUT2D eigenvalue weighted by atomic mass is 10.1. The summed E-state index contributed by atoms with van der Waals surface area (Å²) in [6.45, 7) is 0. The molecule has 4 heteroatoms. The molecule has 0 unspecified atom stereocenters. The van der Waals surface area contributed by atoms with Gasteiger partial charge in [0, 0.05) is 10.8 Å². The Morgan fingerprint density at radius 1 is 1.36 bits per heavy atom. The van der Waals surface area contributed by atoms with Crippen LogP contribution in [0.25, 0.3) is 10.8 Å². The first kappa shape index (κ1) is 9.21. The fraction of sp³-hybridized carbons (Fsp3) is 0.100. The minimum Gasteiger partial charge on any atom is -0.494 e. The third-order valence-corrected chi connectivity index (χ3v) is 2.29. The van der Waals surface area contributed by atoms with E-state index >= 15 is 0 Å². The van der Waals surface area contributed by atoms with Crippen LogP contribution in [0.3, 0.4) is 0 Å². The molecule has 0 fully saturated rings. The van der Waals surface area contributed by atoms with E-state index in [0.29, 0.717) is 11.1 Å². The van der Waals surface area contributed by atoms with Gasteiger partial charge in [-0.25, -0.2) is 9.37 Å². The van der Waals surface area contributed by atoms with E-state index in [9.17, 15) is 4.39 Å². The Morgan fingerprint density at radius 2 is 2.14 bits per heavy atom. The second kappa shape index (κ2) is 3.42. The average molecular weight is 212 g/mol. The molecule has 2 aromatic rings. The molecular weight excluding hydrogens is 205 g/mol. The van der Waals surface area contributed by atoms with Gasteiger partial charge in [-0.15, -0.1) is 0 Å². The zero-order valence-electron chi connectivity index (χ0n) is 7.42. The molecule has 0 aliphatic carbocycles. The largest absolute Gasteiger partial charge is 0.494 e. The number of ether oxygens (including phenoxy) is 1. The summed E-state index contributed by atoms with van der Waals surface area (Å²) in [6, 6.07) is 4.32. The van der Waals surface area contributed by atoms with Crippen LogP contribution in [0.5, 0.6) is 5.75 Å². The smallest absolute Gasteiger partial charge is 0.145 e. The van der Waals surface area contributed by atoms with Crippen LogP contribution >= 0.6 is 11.6 Å². The van der Waals surface area contributed by atoms with Crippen LogP contribution in [0.15, 0.2) is 24.4 Å². The predicted molar refractivity (Wildman–Crippen MR) is 53.3 cm³/mol. The maximum Gasteiger partial charge on any atom is 0.145 e. The number of pyridine rings is 1. The number of nitrogens with zero attached hydrogens (tertiary/aromatic N) is 1. The Labute approximate surface area is 85.3 Å². The Kier molecular flexibility index (Phi) is 2.25. The maximum absolute atomic E-state index is 12.9. The normalized spacial score (nSPS) is 10.5. The van der Waals surface area contributed by atoms with Gasteiger partial charge in [0.2, 0.25) is 0 Å². The standard InChI is InChI=1S/C10H7ClFNO/c1-14-9-5-13-10(11)8-4-6(12)2-3-7(8)9/h2-5H,1H3. The van der Waals surface area contributed by atoms with Crippen molar-refractivity contribution >= 4 is 22.4 Å². The quantitative estimate of drug-likeness (QED) is 0.677. The van der Waals surface area contributed by atoms with Gasteiger partial charge in [-0.05, 0) is 18.2 Å². The lowest BCUT2D eigenvalue weighted by Gasteiger charge is -2.05. The molecule has 14 heavy (non-hydrogen) atoms. The van der Waals surface area contributed by atoms with Crippen molar-refractivity contribution in [1.82, 2.24) is 4.98 Å². The summed E-state index contributed by atoms with van der Waals surface area (Å²) in [7, 11) is 1.54. The number of rotatable bonds is 1. The molecule has 2 nitrogen and oxygen atoms in total. The van der Waals surface area contributed by atoms with Crippen LogP contribution in [0, 0.1) is 5.82 Å². The van der Waals surface area contributed by atoms with Crippen LogP contribution in [0.2, 0.25) is 5.15 Å². The minimum atomic E-state index is -0.338. The first-order valence-corrected chi connectivity index (χ1v) is 4.38. The van der Waals surface area contributed by atoms with Gasteiger partial charge in [0.25, 0.3) is 0 Å². The molecule has 0 aliphatic rings. The minimum absolute atomic E-state index is 0.278. The zero-order valence-corrected chi connectivity index (χ0v) is 8.18. The average Bonchev–Trinajstić information content (AvgIpc) is 2.19. The first-order chi connectivity index (χ1) is 6.72. The molecule has 1 aromatic heterocycles. The fourth-order valence-corrected chi connectivity index (χ4v) is 1.52. The van der Waals surface area contributed by atoms with Gasteiger partial charge < -0.3 is 4.74 Å². The van der Waals surface area contributed by atoms with Gasteiger partial charge in [0.15, 0.2) is 0 Å². The summed E-state index contributed by atoms with van der Waals surface area (Å²) in [5.74, 6) is 0.249. The van der Waals surface area contributed by atoms with Crippen molar-refractivity contribution in [3.8, 4) is 5.75 Å². The number of fused-ring (bicyclic) bond motifs is 1. The van der Waals surface area contributed by atoms with Crippen molar-refractivity contribution in [3.63, 3.8) is 0 Å². The summed E-state index contributed by atoms with van der Waals surface area (Å²) in [5.41, 5.74) is 0. The number of hydrogen-bond acceptors (Lipinski definition) is 2. The highest BCUT2D eigenvalue weighted by Gasteiger charge is 2.06. The molecule has 0 N–H and O–H groups in total. The maximum atomic E-state index is 12.9. The molecule has 0 bridgehead atoms.